The Kier molecular flexibility index (Phi) is 9.72. The fraction of sp³-hybridized carbons (Fsp3) is 0.167. The first-order valence-electron chi connectivity index (χ1n) is 15.3. The van der Waals surface area contributed by atoms with Gasteiger partial charge in [-0.15, -0.1) is 10.2 Å². The van der Waals surface area contributed by atoms with Gasteiger partial charge < -0.3 is 29.4 Å². The molecule has 6 aromatic rings. The van der Waals surface area contributed by atoms with E-state index >= 15 is 0 Å². The van der Waals surface area contributed by atoms with E-state index in [0.29, 0.717) is 28.4 Å². The van der Waals surface area contributed by atoms with E-state index in [1.807, 2.05) is 36.4 Å². The number of H-pyrrole nitrogens is 1. The van der Waals surface area contributed by atoms with Gasteiger partial charge in [0.25, 0.3) is 11.8 Å². The average Bonchev–Trinajstić information content (AvgIpc) is 3.67. The minimum atomic E-state index is -0.709. The summed E-state index contributed by atoms with van der Waals surface area (Å²) < 4.78 is 16.5. The number of rotatable bonds is 12. The summed E-state index contributed by atoms with van der Waals surface area (Å²) in [6, 6.07) is 26.3. The van der Waals surface area contributed by atoms with Crippen molar-refractivity contribution >= 4 is 34.2 Å². The SMILES string of the molecule is COc1cc(NC(=O)c2cc(=O)c3ccccc3o2)c(C(=O)Nc2ccc(CCN(C)Cc3ccc(-c4nn[nH]n4)cc3)cc2)cc1OC. The summed E-state index contributed by atoms with van der Waals surface area (Å²) in [5.41, 5.74) is 3.90. The first-order valence-corrected chi connectivity index (χ1v) is 15.3. The number of hydrogen-bond donors (Lipinski definition) is 3. The average molecular weight is 660 g/mol. The van der Waals surface area contributed by atoms with E-state index in [0.717, 1.165) is 36.7 Å². The van der Waals surface area contributed by atoms with E-state index in [1.165, 1.54) is 31.9 Å². The number of aromatic nitrogens is 4. The van der Waals surface area contributed by atoms with Gasteiger partial charge in [0.2, 0.25) is 5.82 Å². The van der Waals surface area contributed by atoms with Crippen LogP contribution in [0.4, 0.5) is 11.4 Å². The lowest BCUT2D eigenvalue weighted by Crippen LogP contribution is -2.21. The zero-order chi connectivity index (χ0) is 34.3. The molecule has 0 saturated carbocycles. The minimum Gasteiger partial charge on any atom is -0.493 e. The van der Waals surface area contributed by atoms with Gasteiger partial charge in [0, 0.05) is 36.5 Å². The zero-order valence-electron chi connectivity index (χ0n) is 27.0. The molecule has 3 N–H and O–H groups in total. The van der Waals surface area contributed by atoms with Gasteiger partial charge in [-0.3, -0.25) is 14.4 Å². The maximum Gasteiger partial charge on any atom is 0.291 e. The number of carbonyl (C=O) groups excluding carboxylic acids is 2. The smallest absolute Gasteiger partial charge is 0.291 e. The molecule has 0 aliphatic rings. The number of methoxy groups -OCH3 is 2. The van der Waals surface area contributed by atoms with E-state index in [9.17, 15) is 14.4 Å². The predicted molar refractivity (Wildman–Crippen MR) is 184 cm³/mol. The molecule has 0 aliphatic heterocycles. The number of amides is 2. The number of benzene rings is 4. The highest BCUT2D eigenvalue weighted by Gasteiger charge is 2.21. The van der Waals surface area contributed by atoms with Crippen LogP contribution < -0.4 is 25.5 Å². The van der Waals surface area contributed by atoms with Crippen molar-refractivity contribution in [3.05, 3.63) is 124 Å². The summed E-state index contributed by atoms with van der Waals surface area (Å²) in [6.07, 6.45) is 0.808. The third-order valence-corrected chi connectivity index (χ3v) is 7.88. The molecule has 0 unspecified atom stereocenters. The summed E-state index contributed by atoms with van der Waals surface area (Å²) in [6.45, 7) is 1.60. The standard InChI is InChI=1S/C36H33N7O6/c1-43(21-23-8-12-24(13-9-23)34-39-41-42-40-34)17-16-22-10-14-25(15-11-22)37-35(45)27-18-31(47-2)32(48-3)19-28(27)38-36(46)33-20-29(44)26-6-4-5-7-30(26)49-33/h4-15,18-20H,16-17,21H2,1-3H3,(H,37,45)(H,38,46)(H,39,40,41,42). The number of anilines is 2. The number of tetrazole rings is 1. The molecule has 2 aromatic heterocycles. The van der Waals surface area contributed by atoms with Crippen LogP contribution in [0, 0.1) is 0 Å². The molecule has 13 nitrogen and oxygen atoms in total. The van der Waals surface area contributed by atoms with Crippen molar-refractivity contribution in [2.45, 2.75) is 13.0 Å². The van der Waals surface area contributed by atoms with Crippen LogP contribution in [0.2, 0.25) is 0 Å². The maximum absolute atomic E-state index is 13.6. The molecule has 49 heavy (non-hydrogen) atoms. The summed E-state index contributed by atoms with van der Waals surface area (Å²) in [5.74, 6) is -0.253. The van der Waals surface area contributed by atoms with Crippen LogP contribution >= 0.6 is 0 Å². The molecule has 0 saturated heterocycles. The molecule has 0 radical (unpaired) electrons. The van der Waals surface area contributed by atoms with Crippen LogP contribution in [0.25, 0.3) is 22.4 Å². The number of ether oxygens (including phenoxy) is 2. The van der Waals surface area contributed by atoms with Gasteiger partial charge >= 0.3 is 0 Å². The zero-order valence-corrected chi connectivity index (χ0v) is 27.0. The van der Waals surface area contributed by atoms with E-state index in [2.05, 4.69) is 55.3 Å². The summed E-state index contributed by atoms with van der Waals surface area (Å²) >= 11 is 0. The molecule has 2 heterocycles. The Morgan fingerprint density at radius 3 is 2.29 bits per heavy atom. The van der Waals surface area contributed by atoms with Crippen LogP contribution in [0.5, 0.6) is 11.5 Å². The lowest BCUT2D eigenvalue weighted by atomic mass is 10.1. The second-order valence-corrected chi connectivity index (χ2v) is 11.2. The Labute approximate surface area is 280 Å². The number of aromatic amines is 1. The lowest BCUT2D eigenvalue weighted by Gasteiger charge is -2.17. The van der Waals surface area contributed by atoms with Gasteiger partial charge in [0.1, 0.15) is 5.58 Å². The largest absolute Gasteiger partial charge is 0.493 e. The normalized spacial score (nSPS) is 11.0. The topological polar surface area (TPSA) is 165 Å². The number of para-hydroxylation sites is 1. The highest BCUT2D eigenvalue weighted by atomic mass is 16.5. The molecule has 0 bridgehead atoms. The number of nitrogens with zero attached hydrogens (tertiary/aromatic N) is 4. The number of hydrogen-bond acceptors (Lipinski definition) is 10. The quantitative estimate of drug-likeness (QED) is 0.160. The molecule has 13 heteroatoms. The van der Waals surface area contributed by atoms with Crippen molar-refractivity contribution in [2.75, 3.05) is 38.4 Å². The monoisotopic (exact) mass is 659 g/mol. The van der Waals surface area contributed by atoms with Gasteiger partial charge in [-0.05, 0) is 60.1 Å². The third-order valence-electron chi connectivity index (χ3n) is 7.88. The highest BCUT2D eigenvalue weighted by Crippen LogP contribution is 2.34. The van der Waals surface area contributed by atoms with E-state index in [-0.39, 0.29) is 28.0 Å². The third kappa shape index (κ3) is 7.63. The lowest BCUT2D eigenvalue weighted by molar-refractivity contribution is 0.0997. The second-order valence-electron chi connectivity index (χ2n) is 11.2. The van der Waals surface area contributed by atoms with Crippen molar-refractivity contribution < 1.29 is 23.5 Å². The molecule has 0 fully saturated rings. The Morgan fingerprint density at radius 1 is 0.857 bits per heavy atom. The molecule has 0 spiro atoms. The van der Waals surface area contributed by atoms with E-state index in [4.69, 9.17) is 13.9 Å². The van der Waals surface area contributed by atoms with E-state index in [1.54, 1.807) is 24.3 Å². The molecule has 0 aliphatic carbocycles. The maximum atomic E-state index is 13.6. The van der Waals surface area contributed by atoms with Crippen LogP contribution in [0.1, 0.15) is 32.0 Å². The number of nitrogens with one attached hydrogen (secondary N) is 3. The van der Waals surface area contributed by atoms with Crippen LogP contribution in [-0.2, 0) is 13.0 Å². The molecule has 0 atom stereocenters. The van der Waals surface area contributed by atoms with E-state index < -0.39 is 11.8 Å². The summed E-state index contributed by atoms with van der Waals surface area (Å²) in [4.78, 5) is 41.6. The van der Waals surface area contributed by atoms with Crippen LogP contribution in [-0.4, -0.2) is 65.2 Å². The molecular formula is C36H33N7O6. The second kappa shape index (κ2) is 14.6. The first kappa shape index (κ1) is 32.6. The summed E-state index contributed by atoms with van der Waals surface area (Å²) in [7, 11) is 4.96. The van der Waals surface area contributed by atoms with Crippen LogP contribution in [0.15, 0.2) is 100 Å². The predicted octanol–water partition coefficient (Wildman–Crippen LogP) is 5.17. The van der Waals surface area contributed by atoms with Gasteiger partial charge in [-0.2, -0.15) is 5.21 Å². The van der Waals surface area contributed by atoms with Crippen molar-refractivity contribution in [1.82, 2.24) is 25.5 Å². The van der Waals surface area contributed by atoms with Crippen molar-refractivity contribution in [3.8, 4) is 22.9 Å². The fourth-order valence-electron chi connectivity index (χ4n) is 5.28. The first-order chi connectivity index (χ1) is 23.8. The Morgan fingerprint density at radius 2 is 1.57 bits per heavy atom. The molecule has 4 aromatic carbocycles. The molecule has 248 valence electrons. The molecule has 6 rings (SSSR count). The molecular weight excluding hydrogens is 626 g/mol. The Balaban J connectivity index is 1.11. The van der Waals surface area contributed by atoms with Gasteiger partial charge in [-0.25, -0.2) is 0 Å². The number of carbonyl (C=O) groups is 2. The minimum absolute atomic E-state index is 0.116. The Bertz CT molecular complexity index is 2150. The fourth-order valence-corrected chi connectivity index (χ4v) is 5.28. The van der Waals surface area contributed by atoms with Gasteiger partial charge in [0.15, 0.2) is 22.7 Å². The van der Waals surface area contributed by atoms with Crippen molar-refractivity contribution in [2.24, 2.45) is 0 Å². The summed E-state index contributed by atoms with van der Waals surface area (Å²) in [5, 5.41) is 20.0. The Hall–Kier alpha value is -6.34. The van der Waals surface area contributed by atoms with Gasteiger partial charge in [0.05, 0.1) is 30.9 Å². The highest BCUT2D eigenvalue weighted by molar-refractivity contribution is 6.12. The number of likely N-dealkylation sites (N-methyl/N-ethyl adjacent to an activating group) is 1. The van der Waals surface area contributed by atoms with Gasteiger partial charge in [-0.1, -0.05) is 48.5 Å². The van der Waals surface area contributed by atoms with Crippen LogP contribution in [0.3, 0.4) is 0 Å². The van der Waals surface area contributed by atoms with Crippen molar-refractivity contribution in [3.63, 3.8) is 0 Å². The van der Waals surface area contributed by atoms with Crippen molar-refractivity contribution in [1.29, 1.82) is 0 Å². The molecule has 2 amide bonds. The number of fused-ring (bicyclic) bond motifs is 1.